The quantitative estimate of drug-likeness (QED) is 0.432. The van der Waals surface area contributed by atoms with Crippen LogP contribution in [0.25, 0.3) is 6.08 Å². The minimum atomic E-state index is -0.489. The van der Waals surface area contributed by atoms with Crippen molar-refractivity contribution in [2.75, 3.05) is 12.0 Å². The van der Waals surface area contributed by atoms with Gasteiger partial charge in [0.05, 0.1) is 16.4 Å². The van der Waals surface area contributed by atoms with E-state index in [0.29, 0.717) is 10.7 Å². The van der Waals surface area contributed by atoms with E-state index in [4.69, 9.17) is 16.3 Å². The molecule has 5 nitrogen and oxygen atoms in total. The number of benzene rings is 2. The Morgan fingerprint density at radius 3 is 2.50 bits per heavy atom. The zero-order valence-electron chi connectivity index (χ0n) is 12.5. The third kappa shape index (κ3) is 3.25. The van der Waals surface area contributed by atoms with Gasteiger partial charge in [0, 0.05) is 5.02 Å². The molecule has 0 atom stereocenters. The van der Waals surface area contributed by atoms with Gasteiger partial charge in [-0.2, -0.15) is 0 Å². The number of amides is 3. The van der Waals surface area contributed by atoms with Gasteiger partial charge in [-0.05, 0) is 70.6 Å². The zero-order chi connectivity index (χ0) is 17.3. The lowest BCUT2D eigenvalue weighted by molar-refractivity contribution is -0.113. The van der Waals surface area contributed by atoms with E-state index >= 15 is 0 Å². The van der Waals surface area contributed by atoms with Gasteiger partial charge in [-0.3, -0.25) is 4.79 Å². The normalized spacial score (nSPS) is 15.8. The van der Waals surface area contributed by atoms with Crippen molar-refractivity contribution in [2.24, 2.45) is 0 Å². The Hall–Kier alpha value is -2.06. The molecule has 3 amide bonds. The van der Waals surface area contributed by atoms with E-state index < -0.39 is 11.9 Å². The first-order valence-electron chi connectivity index (χ1n) is 6.96. The van der Waals surface area contributed by atoms with Crippen molar-refractivity contribution in [2.45, 2.75) is 0 Å². The number of carbonyl (C=O) groups excluding carboxylic acids is 2. The standard InChI is InChI=1S/C17H12ClIN2O3/c1-24-15-7-2-10(8-13(15)19)9-14-16(22)21(17(23)20-14)12-5-3-11(18)4-6-12/h2-9H,1H3,(H,20,23)/b14-9+. The molecule has 0 aromatic heterocycles. The van der Waals surface area contributed by atoms with Crippen molar-refractivity contribution in [3.8, 4) is 5.75 Å². The van der Waals surface area contributed by atoms with Crippen LogP contribution in [0.4, 0.5) is 10.5 Å². The Labute approximate surface area is 157 Å². The SMILES string of the molecule is COc1ccc(/C=C2/NC(=O)N(c3ccc(Cl)cc3)C2=O)cc1I. The van der Waals surface area contributed by atoms with Crippen molar-refractivity contribution in [3.05, 3.63) is 62.3 Å². The lowest BCUT2D eigenvalue weighted by atomic mass is 10.2. The molecule has 24 heavy (non-hydrogen) atoms. The van der Waals surface area contributed by atoms with Crippen LogP contribution in [0.1, 0.15) is 5.56 Å². The van der Waals surface area contributed by atoms with Crippen LogP contribution in [0, 0.1) is 3.57 Å². The average molecular weight is 455 g/mol. The number of ether oxygens (including phenoxy) is 1. The fraction of sp³-hybridized carbons (Fsp3) is 0.0588. The first-order chi connectivity index (χ1) is 11.5. The number of hydrogen-bond donors (Lipinski definition) is 1. The molecule has 1 fully saturated rings. The van der Waals surface area contributed by atoms with Gasteiger partial charge in [0.15, 0.2) is 0 Å². The lowest BCUT2D eigenvalue weighted by Crippen LogP contribution is -2.30. The predicted octanol–water partition coefficient (Wildman–Crippen LogP) is 4.05. The third-order valence-electron chi connectivity index (χ3n) is 3.45. The minimum Gasteiger partial charge on any atom is -0.496 e. The van der Waals surface area contributed by atoms with Gasteiger partial charge >= 0.3 is 6.03 Å². The van der Waals surface area contributed by atoms with Crippen molar-refractivity contribution in [3.63, 3.8) is 0 Å². The molecular weight excluding hydrogens is 443 g/mol. The number of nitrogens with one attached hydrogen (secondary N) is 1. The second-order valence-corrected chi connectivity index (χ2v) is 6.60. The third-order valence-corrected chi connectivity index (χ3v) is 4.54. The summed E-state index contributed by atoms with van der Waals surface area (Å²) < 4.78 is 6.12. The summed E-state index contributed by atoms with van der Waals surface area (Å²) in [6.07, 6.45) is 1.64. The molecule has 122 valence electrons. The molecule has 7 heteroatoms. The van der Waals surface area contributed by atoms with Crippen LogP contribution in [0.5, 0.6) is 5.75 Å². The molecule has 2 aromatic rings. The molecule has 0 radical (unpaired) electrons. The zero-order valence-corrected chi connectivity index (χ0v) is 15.5. The number of rotatable bonds is 3. The number of halogens is 2. The highest BCUT2D eigenvalue weighted by Crippen LogP contribution is 2.26. The number of imide groups is 1. The summed E-state index contributed by atoms with van der Waals surface area (Å²) in [5.74, 6) is 0.343. The number of carbonyl (C=O) groups is 2. The molecule has 0 spiro atoms. The molecule has 1 aliphatic heterocycles. The highest BCUT2D eigenvalue weighted by Gasteiger charge is 2.34. The minimum absolute atomic E-state index is 0.218. The van der Waals surface area contributed by atoms with E-state index in [-0.39, 0.29) is 5.70 Å². The van der Waals surface area contributed by atoms with Crippen LogP contribution in [0.2, 0.25) is 5.02 Å². The van der Waals surface area contributed by atoms with E-state index in [1.54, 1.807) is 37.5 Å². The predicted molar refractivity (Wildman–Crippen MR) is 101 cm³/mol. The van der Waals surface area contributed by atoms with Crippen molar-refractivity contribution < 1.29 is 14.3 Å². The van der Waals surface area contributed by atoms with Crippen LogP contribution in [-0.2, 0) is 4.79 Å². The summed E-state index contributed by atoms with van der Waals surface area (Å²) in [5.41, 5.74) is 1.48. The molecule has 1 N–H and O–H groups in total. The van der Waals surface area contributed by atoms with Crippen LogP contribution < -0.4 is 15.0 Å². The van der Waals surface area contributed by atoms with Gasteiger partial charge in [-0.15, -0.1) is 0 Å². The first kappa shape index (κ1) is 16.8. The van der Waals surface area contributed by atoms with Crippen molar-refractivity contribution >= 4 is 57.9 Å². The maximum atomic E-state index is 12.5. The molecular formula is C17H12ClIN2O3. The molecule has 3 rings (SSSR count). The Bertz CT molecular complexity index is 849. The Kier molecular flexibility index (Phi) is 4.77. The fourth-order valence-corrected chi connectivity index (χ4v) is 3.18. The number of anilines is 1. The number of methoxy groups -OCH3 is 1. The largest absolute Gasteiger partial charge is 0.496 e. The molecule has 1 heterocycles. The monoisotopic (exact) mass is 454 g/mol. The van der Waals surface area contributed by atoms with Gasteiger partial charge in [-0.1, -0.05) is 17.7 Å². The van der Waals surface area contributed by atoms with Gasteiger partial charge in [-0.25, -0.2) is 9.69 Å². The maximum absolute atomic E-state index is 12.5. The van der Waals surface area contributed by atoms with Gasteiger partial charge in [0.25, 0.3) is 5.91 Å². The first-order valence-corrected chi connectivity index (χ1v) is 8.41. The molecule has 0 saturated carbocycles. The molecule has 0 bridgehead atoms. The number of urea groups is 1. The van der Waals surface area contributed by atoms with Gasteiger partial charge in [0.1, 0.15) is 11.4 Å². The molecule has 0 aliphatic carbocycles. The highest BCUT2D eigenvalue weighted by atomic mass is 127. The van der Waals surface area contributed by atoms with E-state index in [0.717, 1.165) is 19.8 Å². The summed E-state index contributed by atoms with van der Waals surface area (Å²) >= 11 is 7.99. The van der Waals surface area contributed by atoms with Gasteiger partial charge < -0.3 is 10.1 Å². The van der Waals surface area contributed by atoms with E-state index in [1.807, 2.05) is 18.2 Å². The smallest absolute Gasteiger partial charge is 0.333 e. The summed E-state index contributed by atoms with van der Waals surface area (Å²) in [4.78, 5) is 25.7. The van der Waals surface area contributed by atoms with E-state index in [9.17, 15) is 9.59 Å². The Morgan fingerprint density at radius 1 is 1.17 bits per heavy atom. The molecule has 2 aromatic carbocycles. The van der Waals surface area contributed by atoms with E-state index in [1.165, 1.54) is 0 Å². The Morgan fingerprint density at radius 2 is 1.88 bits per heavy atom. The summed E-state index contributed by atoms with van der Waals surface area (Å²) in [6.45, 7) is 0. The average Bonchev–Trinajstić information content (AvgIpc) is 2.83. The lowest BCUT2D eigenvalue weighted by Gasteiger charge is -2.11. The topological polar surface area (TPSA) is 58.6 Å². The van der Waals surface area contributed by atoms with Crippen molar-refractivity contribution in [1.29, 1.82) is 0 Å². The number of nitrogens with zero attached hydrogens (tertiary/aromatic N) is 1. The maximum Gasteiger partial charge on any atom is 0.333 e. The van der Waals surface area contributed by atoms with E-state index in [2.05, 4.69) is 27.9 Å². The fourth-order valence-electron chi connectivity index (χ4n) is 2.30. The molecule has 1 aliphatic rings. The van der Waals surface area contributed by atoms with Crippen LogP contribution in [0.3, 0.4) is 0 Å². The summed E-state index contributed by atoms with van der Waals surface area (Å²) in [6, 6.07) is 11.5. The second kappa shape index (κ2) is 6.82. The molecule has 1 saturated heterocycles. The summed E-state index contributed by atoms with van der Waals surface area (Å²) in [5, 5.41) is 3.13. The van der Waals surface area contributed by atoms with Crippen LogP contribution >= 0.6 is 34.2 Å². The molecule has 0 unspecified atom stereocenters. The van der Waals surface area contributed by atoms with Crippen molar-refractivity contribution in [1.82, 2.24) is 5.32 Å². The second-order valence-electron chi connectivity index (χ2n) is 5.00. The van der Waals surface area contributed by atoms with Crippen LogP contribution in [0.15, 0.2) is 48.2 Å². The van der Waals surface area contributed by atoms with Gasteiger partial charge in [0.2, 0.25) is 0 Å². The number of hydrogen-bond acceptors (Lipinski definition) is 3. The summed E-state index contributed by atoms with van der Waals surface area (Å²) in [7, 11) is 1.60. The highest BCUT2D eigenvalue weighted by molar-refractivity contribution is 14.1. The van der Waals surface area contributed by atoms with Crippen LogP contribution in [-0.4, -0.2) is 19.0 Å². The Balaban J connectivity index is 1.90.